The van der Waals surface area contributed by atoms with Gasteiger partial charge in [0.25, 0.3) is 0 Å². The van der Waals surface area contributed by atoms with E-state index in [4.69, 9.17) is 0 Å². The Morgan fingerprint density at radius 2 is 1.64 bits per heavy atom. The Morgan fingerprint density at radius 1 is 1.21 bits per heavy atom. The summed E-state index contributed by atoms with van der Waals surface area (Å²) >= 11 is 0. The normalized spacial score (nSPS) is 9.57. The molecule has 0 aromatic heterocycles. The number of benzene rings is 1. The molecule has 0 nitrogen and oxygen atoms in total. The third-order valence-electron chi connectivity index (χ3n) is 2.38. The van der Waals surface area contributed by atoms with Gasteiger partial charge >= 0.3 is 23.1 Å². The minimum Gasteiger partial charge on any atom is -0.358 e. The number of hydrogen-bond acceptors (Lipinski definition) is 0. The zero-order valence-electron chi connectivity index (χ0n) is 9.51. The van der Waals surface area contributed by atoms with Gasteiger partial charge in [0.05, 0.1) is 8.07 Å². The molecule has 0 saturated heterocycles. The largest absolute Gasteiger partial charge is 2.00 e. The molecule has 0 unspecified atom stereocenters. The average Bonchev–Trinajstić information content (AvgIpc) is 2.06. The number of allylic oxidation sites excluding steroid dienone is 1. The third kappa shape index (κ3) is 3.52. The van der Waals surface area contributed by atoms with Crippen LogP contribution in [-0.2, 0) is 0 Å². The van der Waals surface area contributed by atoms with Gasteiger partial charge in [-0.2, -0.15) is 0 Å². The maximum Gasteiger partial charge on any atom is 2.00 e. The van der Waals surface area contributed by atoms with Crippen LogP contribution in [0.3, 0.4) is 0 Å². The van der Waals surface area contributed by atoms with Crippen LogP contribution in [0.4, 0.5) is 0 Å². The van der Waals surface area contributed by atoms with E-state index in [1.54, 1.807) is 0 Å². The van der Waals surface area contributed by atoms with Crippen LogP contribution in [0.1, 0.15) is 0 Å². The van der Waals surface area contributed by atoms with Crippen molar-refractivity contribution in [3.8, 4) is 0 Å². The van der Waals surface area contributed by atoms with Gasteiger partial charge in [-0.25, -0.2) is 18.7 Å². The summed E-state index contributed by atoms with van der Waals surface area (Å²) in [5.74, 6) is 0. The molecule has 2 heteroatoms. The monoisotopic (exact) mass is 214 g/mol. The van der Waals surface area contributed by atoms with E-state index in [1.807, 2.05) is 6.07 Å². The van der Waals surface area contributed by atoms with Crippen molar-refractivity contribution < 1.29 is 0 Å². The molecule has 0 spiro atoms. The fraction of sp³-hybridized carbons (Fsp3) is 0.167. The van der Waals surface area contributed by atoms with Gasteiger partial charge in [0.1, 0.15) is 0 Å². The Kier molecular flexibility index (Phi) is 7.34. The molecule has 0 saturated carbocycles. The molecule has 1 aromatic carbocycles. The molecule has 0 radical (unpaired) electrons. The van der Waals surface area contributed by atoms with Gasteiger partial charge < -0.3 is 7.43 Å². The molecule has 72 valence electrons. The molecule has 14 heavy (non-hydrogen) atoms. The Labute approximate surface area is 106 Å². The Balaban J connectivity index is 0. The van der Waals surface area contributed by atoms with E-state index in [-0.39, 0.29) is 30.5 Å². The van der Waals surface area contributed by atoms with Crippen molar-refractivity contribution in [1.82, 2.24) is 0 Å². The first-order chi connectivity index (χ1) is 5.55. The van der Waals surface area contributed by atoms with E-state index in [0.717, 1.165) is 5.20 Å². The second kappa shape index (κ2) is 6.33. The Morgan fingerprint density at radius 3 is 2.00 bits per heavy atom. The van der Waals surface area contributed by atoms with Crippen LogP contribution in [0.2, 0.25) is 13.1 Å². The molecule has 0 aliphatic rings. The summed E-state index contributed by atoms with van der Waals surface area (Å²) < 4.78 is 0. The molecular formula is C12H18MgSi. The van der Waals surface area contributed by atoms with Crippen LogP contribution < -0.4 is 5.19 Å². The summed E-state index contributed by atoms with van der Waals surface area (Å²) in [7, 11) is -1.46. The van der Waals surface area contributed by atoms with E-state index in [0.29, 0.717) is 0 Å². The molecule has 0 heterocycles. The van der Waals surface area contributed by atoms with Crippen molar-refractivity contribution in [3.63, 3.8) is 0 Å². The maximum absolute atomic E-state index is 3.95. The van der Waals surface area contributed by atoms with Gasteiger partial charge in [0, 0.05) is 0 Å². The van der Waals surface area contributed by atoms with E-state index in [2.05, 4.69) is 50.9 Å². The minimum atomic E-state index is -1.46. The summed E-state index contributed by atoms with van der Waals surface area (Å²) in [6.45, 7) is 12.5. The van der Waals surface area contributed by atoms with Crippen molar-refractivity contribution in [2.75, 3.05) is 0 Å². The van der Waals surface area contributed by atoms with Crippen molar-refractivity contribution in [2.45, 2.75) is 13.1 Å². The fourth-order valence-electron chi connectivity index (χ4n) is 1.06. The summed E-state index contributed by atoms with van der Waals surface area (Å²) in [5, 5.41) is 2.50. The van der Waals surface area contributed by atoms with Gasteiger partial charge in [-0.1, -0.05) is 48.6 Å². The molecule has 0 atom stereocenters. The van der Waals surface area contributed by atoms with Gasteiger partial charge in [-0.3, -0.25) is 0 Å². The predicted octanol–water partition coefficient (Wildman–Crippen LogP) is 2.60. The van der Waals surface area contributed by atoms with E-state index < -0.39 is 8.07 Å². The first-order valence-electron chi connectivity index (χ1n) is 4.12. The first-order valence-corrected chi connectivity index (χ1v) is 7.12. The van der Waals surface area contributed by atoms with Gasteiger partial charge in [0.2, 0.25) is 0 Å². The van der Waals surface area contributed by atoms with Crippen LogP contribution >= 0.6 is 0 Å². The second-order valence-electron chi connectivity index (χ2n) is 3.59. The SMILES string of the molecule is C=C([CH2-])[Si](C)(C)c1ccccc1.[CH3-].[Mg+2]. The van der Waals surface area contributed by atoms with Crippen molar-refractivity contribution in [3.05, 3.63) is 56.5 Å². The standard InChI is InChI=1S/C11H15Si.CH3.Mg/c1-10(2)12(3,4)11-8-6-5-7-9-11;;/h5-9H,1-2H2,3-4H3;1H3;/q2*-1;+2. The smallest absolute Gasteiger partial charge is 0.358 e. The molecule has 0 bridgehead atoms. The molecule has 1 rings (SSSR count). The van der Waals surface area contributed by atoms with E-state index in [1.165, 1.54) is 5.19 Å². The van der Waals surface area contributed by atoms with Crippen molar-refractivity contribution in [2.24, 2.45) is 0 Å². The van der Waals surface area contributed by atoms with Crippen LogP contribution in [0, 0.1) is 14.4 Å². The van der Waals surface area contributed by atoms with Crippen LogP contribution in [0.15, 0.2) is 42.1 Å². The molecule has 0 aliphatic heterocycles. The van der Waals surface area contributed by atoms with Gasteiger partial charge in [-0.15, -0.1) is 0 Å². The molecule has 0 N–H and O–H groups in total. The summed E-state index contributed by atoms with van der Waals surface area (Å²) in [6, 6.07) is 10.5. The first kappa shape index (κ1) is 16.3. The van der Waals surface area contributed by atoms with Gasteiger partial charge in [-0.05, 0) is 0 Å². The third-order valence-corrected chi connectivity index (χ3v) is 5.92. The Hall–Kier alpha value is -0.187. The van der Waals surface area contributed by atoms with Crippen molar-refractivity contribution in [1.29, 1.82) is 0 Å². The number of rotatable bonds is 2. The number of hydrogen-bond donors (Lipinski definition) is 0. The van der Waals surface area contributed by atoms with Crippen LogP contribution in [0.5, 0.6) is 0 Å². The molecule has 0 aliphatic carbocycles. The second-order valence-corrected chi connectivity index (χ2v) is 8.13. The Bertz CT molecular complexity index is 278. The van der Waals surface area contributed by atoms with E-state index in [9.17, 15) is 0 Å². The molecular weight excluding hydrogens is 197 g/mol. The molecule has 0 amide bonds. The average molecular weight is 215 g/mol. The molecule has 1 aromatic rings. The van der Waals surface area contributed by atoms with Crippen molar-refractivity contribution >= 4 is 36.3 Å². The summed E-state index contributed by atoms with van der Waals surface area (Å²) in [5.41, 5.74) is 0. The fourth-order valence-corrected chi connectivity index (χ4v) is 2.49. The predicted molar refractivity (Wildman–Crippen MR) is 70.2 cm³/mol. The zero-order chi connectivity index (χ0) is 9.19. The molecule has 0 fully saturated rings. The van der Waals surface area contributed by atoms with Crippen LogP contribution in [0.25, 0.3) is 0 Å². The van der Waals surface area contributed by atoms with Crippen LogP contribution in [-0.4, -0.2) is 31.1 Å². The quantitative estimate of drug-likeness (QED) is 0.525. The van der Waals surface area contributed by atoms with Gasteiger partial charge in [0.15, 0.2) is 0 Å². The zero-order valence-corrected chi connectivity index (χ0v) is 11.9. The maximum atomic E-state index is 3.95. The summed E-state index contributed by atoms with van der Waals surface area (Å²) in [4.78, 5) is 0. The van der Waals surface area contributed by atoms with E-state index >= 15 is 0 Å². The summed E-state index contributed by atoms with van der Waals surface area (Å²) in [6.07, 6.45) is 0. The topological polar surface area (TPSA) is 0 Å². The minimum absolute atomic E-state index is 0.